The standard InChI is InChI=1S/C11H11BrN4O3/c1-6-2-7(19-9(6)10(17)15-13)4-16-5-14-3-8(12)11(16)18/h2-3,5H,4,13H2,1H3,(H,15,17). The van der Waals surface area contributed by atoms with Crippen LogP contribution in [0, 0.1) is 6.92 Å². The molecule has 0 radical (unpaired) electrons. The molecule has 0 saturated carbocycles. The summed E-state index contributed by atoms with van der Waals surface area (Å²) < 4.78 is 7.10. The first-order valence-corrected chi connectivity index (χ1v) is 6.12. The van der Waals surface area contributed by atoms with Crippen molar-refractivity contribution in [3.63, 3.8) is 0 Å². The number of hydrogen-bond acceptors (Lipinski definition) is 5. The van der Waals surface area contributed by atoms with Gasteiger partial charge >= 0.3 is 5.91 Å². The number of carbonyl (C=O) groups excluding carboxylic acids is 1. The molecular formula is C11H11BrN4O3. The predicted octanol–water partition coefficient (Wildman–Crippen LogP) is 0.559. The van der Waals surface area contributed by atoms with E-state index < -0.39 is 5.91 Å². The van der Waals surface area contributed by atoms with Gasteiger partial charge in [0.2, 0.25) is 0 Å². The first-order valence-electron chi connectivity index (χ1n) is 5.33. The van der Waals surface area contributed by atoms with Crippen LogP contribution in [0.4, 0.5) is 0 Å². The monoisotopic (exact) mass is 326 g/mol. The molecule has 0 atom stereocenters. The smallest absolute Gasteiger partial charge is 0.301 e. The minimum atomic E-state index is -0.511. The highest BCUT2D eigenvalue weighted by molar-refractivity contribution is 9.10. The first-order chi connectivity index (χ1) is 9.02. The van der Waals surface area contributed by atoms with Crippen molar-refractivity contribution in [3.05, 3.63) is 50.5 Å². The molecule has 0 spiro atoms. The van der Waals surface area contributed by atoms with Crippen molar-refractivity contribution >= 4 is 21.8 Å². The number of carbonyl (C=O) groups is 1. The third-order valence-corrected chi connectivity index (χ3v) is 3.04. The zero-order valence-electron chi connectivity index (χ0n) is 10.0. The van der Waals surface area contributed by atoms with E-state index in [4.69, 9.17) is 10.3 Å². The van der Waals surface area contributed by atoms with E-state index in [0.717, 1.165) is 0 Å². The maximum atomic E-state index is 11.8. The van der Waals surface area contributed by atoms with Crippen molar-refractivity contribution in [2.45, 2.75) is 13.5 Å². The van der Waals surface area contributed by atoms with Crippen LogP contribution in [0.25, 0.3) is 0 Å². The number of nitrogen functional groups attached to an aromatic ring is 1. The molecular weight excluding hydrogens is 316 g/mol. The Bertz CT molecular complexity index is 677. The SMILES string of the molecule is Cc1cc(Cn2cncc(Br)c2=O)oc1C(=O)NN. The quantitative estimate of drug-likeness (QED) is 0.487. The van der Waals surface area contributed by atoms with Gasteiger partial charge in [0.05, 0.1) is 12.9 Å². The van der Waals surface area contributed by atoms with Gasteiger partial charge in [-0.05, 0) is 28.9 Å². The first kappa shape index (κ1) is 13.5. The van der Waals surface area contributed by atoms with Gasteiger partial charge in [0.15, 0.2) is 5.76 Å². The lowest BCUT2D eigenvalue weighted by Crippen LogP contribution is -2.30. The number of furan rings is 1. The Hall–Kier alpha value is -1.93. The van der Waals surface area contributed by atoms with Crippen LogP contribution in [0.2, 0.25) is 0 Å². The number of rotatable bonds is 3. The third-order valence-electron chi connectivity index (χ3n) is 2.49. The van der Waals surface area contributed by atoms with E-state index in [1.54, 1.807) is 13.0 Å². The fraction of sp³-hybridized carbons (Fsp3) is 0.182. The van der Waals surface area contributed by atoms with Gasteiger partial charge in [-0.2, -0.15) is 0 Å². The van der Waals surface area contributed by atoms with Crippen molar-refractivity contribution in [3.8, 4) is 0 Å². The van der Waals surface area contributed by atoms with Gasteiger partial charge in [-0.25, -0.2) is 10.8 Å². The number of hydrogen-bond donors (Lipinski definition) is 2. The van der Waals surface area contributed by atoms with Crippen molar-refractivity contribution in [1.82, 2.24) is 15.0 Å². The Morgan fingerprint density at radius 1 is 1.63 bits per heavy atom. The van der Waals surface area contributed by atoms with Gasteiger partial charge in [0.1, 0.15) is 10.2 Å². The molecule has 0 saturated heterocycles. The summed E-state index contributed by atoms with van der Waals surface area (Å²) in [4.78, 5) is 27.1. The zero-order chi connectivity index (χ0) is 14.0. The van der Waals surface area contributed by atoms with Crippen LogP contribution in [0.3, 0.4) is 0 Å². The molecule has 0 unspecified atom stereocenters. The molecule has 3 N–H and O–H groups in total. The highest BCUT2D eigenvalue weighted by Crippen LogP contribution is 2.15. The minimum absolute atomic E-state index is 0.133. The lowest BCUT2D eigenvalue weighted by atomic mass is 10.2. The number of aryl methyl sites for hydroxylation is 1. The molecule has 100 valence electrons. The summed E-state index contributed by atoms with van der Waals surface area (Å²) in [6.07, 6.45) is 2.81. The van der Waals surface area contributed by atoms with Crippen LogP contribution in [-0.4, -0.2) is 15.5 Å². The number of halogens is 1. The molecule has 0 bridgehead atoms. The molecule has 2 aromatic heterocycles. The Morgan fingerprint density at radius 2 is 2.37 bits per heavy atom. The van der Waals surface area contributed by atoms with E-state index in [0.29, 0.717) is 15.8 Å². The van der Waals surface area contributed by atoms with E-state index in [2.05, 4.69) is 20.9 Å². The largest absolute Gasteiger partial charge is 0.454 e. The van der Waals surface area contributed by atoms with Crippen molar-refractivity contribution < 1.29 is 9.21 Å². The molecule has 0 aromatic carbocycles. The zero-order valence-corrected chi connectivity index (χ0v) is 11.6. The van der Waals surface area contributed by atoms with Crippen molar-refractivity contribution in [2.75, 3.05) is 0 Å². The lowest BCUT2D eigenvalue weighted by Gasteiger charge is -2.02. The second-order valence-corrected chi connectivity index (χ2v) is 4.73. The third kappa shape index (κ3) is 2.74. The summed E-state index contributed by atoms with van der Waals surface area (Å²) >= 11 is 3.11. The molecule has 19 heavy (non-hydrogen) atoms. The normalized spacial score (nSPS) is 10.5. The summed E-state index contributed by atoms with van der Waals surface area (Å²) in [5.41, 5.74) is 2.42. The van der Waals surface area contributed by atoms with Crippen LogP contribution >= 0.6 is 15.9 Å². The van der Waals surface area contributed by atoms with Crippen LogP contribution < -0.4 is 16.8 Å². The van der Waals surface area contributed by atoms with Gasteiger partial charge in [-0.3, -0.25) is 19.6 Å². The average molecular weight is 327 g/mol. The number of nitrogens with zero attached hydrogens (tertiary/aromatic N) is 2. The summed E-state index contributed by atoms with van der Waals surface area (Å²) in [6, 6.07) is 1.68. The number of hydrazine groups is 1. The van der Waals surface area contributed by atoms with Crippen LogP contribution in [-0.2, 0) is 6.54 Å². The Labute approximate surface area is 116 Å². The second kappa shape index (κ2) is 5.37. The van der Waals surface area contributed by atoms with Gasteiger partial charge in [-0.1, -0.05) is 0 Å². The highest BCUT2D eigenvalue weighted by atomic mass is 79.9. The molecule has 2 aromatic rings. The molecule has 0 aliphatic carbocycles. The maximum Gasteiger partial charge on any atom is 0.301 e. The summed E-state index contributed by atoms with van der Waals surface area (Å²) in [7, 11) is 0. The molecule has 8 heteroatoms. The molecule has 0 aliphatic rings. The molecule has 7 nitrogen and oxygen atoms in total. The topological polar surface area (TPSA) is 103 Å². The van der Waals surface area contributed by atoms with Gasteiger partial charge in [-0.15, -0.1) is 0 Å². The van der Waals surface area contributed by atoms with Gasteiger partial charge < -0.3 is 4.42 Å². The number of nitrogens with two attached hydrogens (primary N) is 1. The van der Waals surface area contributed by atoms with Crippen LogP contribution in [0.5, 0.6) is 0 Å². The maximum absolute atomic E-state index is 11.8. The Balaban J connectivity index is 2.32. The molecule has 0 fully saturated rings. The van der Waals surface area contributed by atoms with Crippen LogP contribution in [0.1, 0.15) is 21.9 Å². The summed E-state index contributed by atoms with van der Waals surface area (Å²) in [5.74, 6) is 5.14. The minimum Gasteiger partial charge on any atom is -0.454 e. The Kier molecular flexibility index (Phi) is 3.82. The van der Waals surface area contributed by atoms with E-state index in [9.17, 15) is 9.59 Å². The van der Waals surface area contributed by atoms with E-state index in [1.807, 2.05) is 5.43 Å². The lowest BCUT2D eigenvalue weighted by molar-refractivity contribution is 0.0923. The van der Waals surface area contributed by atoms with Crippen LogP contribution in [0.15, 0.2) is 32.3 Å². The molecule has 1 amide bonds. The second-order valence-electron chi connectivity index (χ2n) is 3.87. The molecule has 2 heterocycles. The van der Waals surface area contributed by atoms with E-state index in [1.165, 1.54) is 17.1 Å². The fourth-order valence-electron chi connectivity index (χ4n) is 1.62. The summed E-state index contributed by atoms with van der Waals surface area (Å²) in [6.45, 7) is 1.91. The van der Waals surface area contributed by atoms with Crippen molar-refractivity contribution in [2.24, 2.45) is 5.84 Å². The van der Waals surface area contributed by atoms with Gasteiger partial charge in [0.25, 0.3) is 5.56 Å². The number of aromatic nitrogens is 2. The number of amides is 1. The highest BCUT2D eigenvalue weighted by Gasteiger charge is 2.15. The Morgan fingerprint density at radius 3 is 3.05 bits per heavy atom. The summed E-state index contributed by atoms with van der Waals surface area (Å²) in [5, 5.41) is 0. The average Bonchev–Trinajstić information content (AvgIpc) is 2.75. The van der Waals surface area contributed by atoms with Gasteiger partial charge in [0, 0.05) is 11.8 Å². The number of nitrogens with one attached hydrogen (secondary N) is 1. The van der Waals surface area contributed by atoms with Crippen molar-refractivity contribution in [1.29, 1.82) is 0 Å². The van der Waals surface area contributed by atoms with E-state index >= 15 is 0 Å². The predicted molar refractivity (Wildman–Crippen MR) is 70.4 cm³/mol. The fourth-order valence-corrected chi connectivity index (χ4v) is 1.97. The van der Waals surface area contributed by atoms with E-state index in [-0.39, 0.29) is 17.9 Å². The molecule has 0 aliphatic heterocycles. The molecule has 2 rings (SSSR count).